The quantitative estimate of drug-likeness (QED) is 0.587. The summed E-state index contributed by atoms with van der Waals surface area (Å²) in [4.78, 5) is 10.3. The first-order chi connectivity index (χ1) is 4.06. The second-order valence-electron chi connectivity index (χ2n) is 2.38. The first-order valence-electron chi connectivity index (χ1n) is 2.91. The van der Waals surface area contributed by atoms with Crippen molar-refractivity contribution in [3.8, 4) is 0 Å². The maximum atomic E-state index is 10.3. The molecule has 0 fully saturated rings. The molecule has 9 heavy (non-hydrogen) atoms. The first-order valence-corrected chi connectivity index (χ1v) is 2.91. The average molecular weight is 132 g/mol. The van der Waals surface area contributed by atoms with Crippen molar-refractivity contribution in [2.75, 3.05) is 6.61 Å². The second kappa shape index (κ2) is 2.82. The van der Waals surface area contributed by atoms with Crippen LogP contribution in [0.2, 0.25) is 0 Å². The Balaban J connectivity index is 4.09. The van der Waals surface area contributed by atoms with Gasteiger partial charge in [0.25, 0.3) is 0 Å². The molecule has 3 nitrogen and oxygen atoms in total. The van der Waals surface area contributed by atoms with Crippen LogP contribution < -0.4 is 0 Å². The van der Waals surface area contributed by atoms with Gasteiger partial charge in [0.15, 0.2) is 0 Å². The molecule has 0 rings (SSSR count). The van der Waals surface area contributed by atoms with E-state index in [-0.39, 0.29) is 6.61 Å². The van der Waals surface area contributed by atoms with E-state index in [2.05, 4.69) is 0 Å². The van der Waals surface area contributed by atoms with Crippen LogP contribution in [-0.4, -0.2) is 22.8 Å². The molecule has 0 saturated carbocycles. The molecule has 54 valence electrons. The monoisotopic (exact) mass is 132 g/mol. The Morgan fingerprint density at radius 1 is 1.67 bits per heavy atom. The van der Waals surface area contributed by atoms with Crippen LogP contribution in [-0.2, 0) is 4.79 Å². The van der Waals surface area contributed by atoms with Crippen molar-refractivity contribution in [2.45, 2.75) is 20.3 Å². The molecule has 0 radical (unpaired) electrons. The Bertz CT molecular complexity index is 105. The number of aliphatic carboxylic acids is 1. The van der Waals surface area contributed by atoms with Crippen LogP contribution in [0.25, 0.3) is 0 Å². The molecular weight excluding hydrogens is 120 g/mol. The molecule has 0 saturated heterocycles. The predicted molar refractivity (Wildman–Crippen MR) is 33.1 cm³/mol. The van der Waals surface area contributed by atoms with Crippen molar-refractivity contribution < 1.29 is 15.0 Å². The van der Waals surface area contributed by atoms with Crippen molar-refractivity contribution in [3.05, 3.63) is 0 Å². The Kier molecular flexibility index (Phi) is 2.65. The number of carboxylic acids is 1. The zero-order valence-electron chi connectivity index (χ0n) is 5.72. The first kappa shape index (κ1) is 8.43. The third kappa shape index (κ3) is 1.68. The van der Waals surface area contributed by atoms with Gasteiger partial charge < -0.3 is 10.2 Å². The SMILES string of the molecule is CC[C@@](C)(CO)C(=O)O. The molecule has 0 aliphatic heterocycles. The summed E-state index contributed by atoms with van der Waals surface area (Å²) in [5.74, 6) is -0.937. The van der Waals surface area contributed by atoms with E-state index >= 15 is 0 Å². The van der Waals surface area contributed by atoms with E-state index in [9.17, 15) is 4.79 Å². The van der Waals surface area contributed by atoms with Gasteiger partial charge in [-0.05, 0) is 13.3 Å². The molecule has 0 aromatic heterocycles. The van der Waals surface area contributed by atoms with Gasteiger partial charge in [-0.2, -0.15) is 0 Å². The number of carboxylic acid groups (broad SMARTS) is 1. The van der Waals surface area contributed by atoms with Crippen molar-refractivity contribution in [2.24, 2.45) is 5.41 Å². The summed E-state index contributed by atoms with van der Waals surface area (Å²) in [6.45, 7) is 2.97. The molecule has 0 heterocycles. The van der Waals surface area contributed by atoms with E-state index in [1.54, 1.807) is 6.92 Å². The fourth-order valence-electron chi connectivity index (χ4n) is 0.331. The summed E-state index contributed by atoms with van der Waals surface area (Å²) in [6.07, 6.45) is 0.457. The van der Waals surface area contributed by atoms with Crippen LogP contribution in [0, 0.1) is 5.41 Å². The molecule has 0 amide bonds. The molecular formula is C6H12O3. The minimum absolute atomic E-state index is 0.293. The third-order valence-corrected chi connectivity index (χ3v) is 1.65. The van der Waals surface area contributed by atoms with Crippen LogP contribution in [0.15, 0.2) is 0 Å². The normalized spacial score (nSPS) is 16.8. The summed E-state index contributed by atoms with van der Waals surface area (Å²) < 4.78 is 0. The van der Waals surface area contributed by atoms with Crippen LogP contribution in [0.1, 0.15) is 20.3 Å². The lowest BCUT2D eigenvalue weighted by Crippen LogP contribution is -2.30. The largest absolute Gasteiger partial charge is 0.481 e. The molecule has 2 N–H and O–H groups in total. The van der Waals surface area contributed by atoms with Gasteiger partial charge in [-0.1, -0.05) is 6.92 Å². The van der Waals surface area contributed by atoms with E-state index in [4.69, 9.17) is 10.2 Å². The van der Waals surface area contributed by atoms with Gasteiger partial charge >= 0.3 is 5.97 Å². The van der Waals surface area contributed by atoms with Crippen molar-refractivity contribution >= 4 is 5.97 Å². The molecule has 0 unspecified atom stereocenters. The molecule has 0 aromatic carbocycles. The number of hydrogen-bond acceptors (Lipinski definition) is 2. The molecule has 0 bridgehead atoms. The number of rotatable bonds is 3. The maximum absolute atomic E-state index is 10.3. The standard InChI is InChI=1S/C6H12O3/c1-3-6(2,4-7)5(8)9/h7H,3-4H2,1-2H3,(H,8,9)/t6-/m0/s1. The van der Waals surface area contributed by atoms with E-state index < -0.39 is 11.4 Å². The zero-order valence-corrected chi connectivity index (χ0v) is 5.72. The average Bonchev–Trinajstić information content (AvgIpc) is 1.86. The minimum Gasteiger partial charge on any atom is -0.481 e. The molecule has 0 aliphatic carbocycles. The van der Waals surface area contributed by atoms with Crippen LogP contribution >= 0.6 is 0 Å². The van der Waals surface area contributed by atoms with Crippen LogP contribution in [0.3, 0.4) is 0 Å². The molecule has 0 spiro atoms. The Morgan fingerprint density at radius 3 is 2.11 bits per heavy atom. The Morgan fingerprint density at radius 2 is 2.11 bits per heavy atom. The van der Waals surface area contributed by atoms with Gasteiger partial charge in [0.1, 0.15) is 0 Å². The maximum Gasteiger partial charge on any atom is 0.311 e. The Labute approximate surface area is 54.3 Å². The number of aliphatic hydroxyl groups is 1. The van der Waals surface area contributed by atoms with E-state index in [0.717, 1.165) is 0 Å². The highest BCUT2D eigenvalue weighted by atomic mass is 16.4. The second-order valence-corrected chi connectivity index (χ2v) is 2.38. The fourth-order valence-corrected chi connectivity index (χ4v) is 0.331. The van der Waals surface area contributed by atoms with Gasteiger partial charge in [-0.25, -0.2) is 0 Å². The summed E-state index contributed by atoms with van der Waals surface area (Å²) in [5.41, 5.74) is -0.944. The highest BCUT2D eigenvalue weighted by molar-refractivity contribution is 5.74. The molecule has 1 atom stereocenters. The molecule has 3 heteroatoms. The summed E-state index contributed by atoms with van der Waals surface area (Å²) in [5, 5.41) is 17.0. The van der Waals surface area contributed by atoms with Crippen LogP contribution in [0.5, 0.6) is 0 Å². The fraction of sp³-hybridized carbons (Fsp3) is 0.833. The van der Waals surface area contributed by atoms with Crippen molar-refractivity contribution in [1.29, 1.82) is 0 Å². The van der Waals surface area contributed by atoms with E-state index in [1.807, 2.05) is 0 Å². The lowest BCUT2D eigenvalue weighted by molar-refractivity contribution is -0.150. The van der Waals surface area contributed by atoms with Gasteiger partial charge in [0.05, 0.1) is 12.0 Å². The van der Waals surface area contributed by atoms with Crippen LogP contribution in [0.4, 0.5) is 0 Å². The minimum atomic E-state index is -0.944. The van der Waals surface area contributed by atoms with E-state index in [1.165, 1.54) is 6.92 Å². The molecule has 0 aromatic rings. The van der Waals surface area contributed by atoms with Gasteiger partial charge in [-0.3, -0.25) is 4.79 Å². The number of aliphatic hydroxyl groups excluding tert-OH is 1. The summed E-state index contributed by atoms with van der Waals surface area (Å²) in [6, 6.07) is 0. The molecule has 0 aliphatic rings. The predicted octanol–water partition coefficient (Wildman–Crippen LogP) is 0.480. The lowest BCUT2D eigenvalue weighted by Gasteiger charge is -2.18. The van der Waals surface area contributed by atoms with E-state index in [0.29, 0.717) is 6.42 Å². The smallest absolute Gasteiger partial charge is 0.311 e. The number of hydrogen-bond donors (Lipinski definition) is 2. The van der Waals surface area contributed by atoms with Gasteiger partial charge in [-0.15, -0.1) is 0 Å². The summed E-state index contributed by atoms with van der Waals surface area (Å²) in [7, 11) is 0. The zero-order chi connectivity index (χ0) is 7.49. The highest BCUT2D eigenvalue weighted by Gasteiger charge is 2.29. The topological polar surface area (TPSA) is 57.5 Å². The van der Waals surface area contributed by atoms with Crippen molar-refractivity contribution in [3.63, 3.8) is 0 Å². The van der Waals surface area contributed by atoms with Gasteiger partial charge in [0, 0.05) is 0 Å². The third-order valence-electron chi connectivity index (χ3n) is 1.65. The summed E-state index contributed by atoms with van der Waals surface area (Å²) >= 11 is 0. The van der Waals surface area contributed by atoms with Gasteiger partial charge in [0.2, 0.25) is 0 Å². The lowest BCUT2D eigenvalue weighted by atomic mass is 9.89. The van der Waals surface area contributed by atoms with Crippen molar-refractivity contribution in [1.82, 2.24) is 0 Å². The number of carbonyl (C=O) groups is 1. The Hall–Kier alpha value is -0.570. The highest BCUT2D eigenvalue weighted by Crippen LogP contribution is 2.19.